The van der Waals surface area contributed by atoms with Crippen molar-refractivity contribution in [2.45, 2.75) is 46.5 Å². The maximum Gasteiger partial charge on any atom is 0.122 e. The van der Waals surface area contributed by atoms with Crippen molar-refractivity contribution in [2.24, 2.45) is 0 Å². The number of hydrogen-bond donors (Lipinski definition) is 1. The van der Waals surface area contributed by atoms with Crippen molar-refractivity contribution >= 4 is 0 Å². The molecule has 0 bridgehead atoms. The molecule has 0 heterocycles. The molecule has 1 aromatic rings. The molecule has 0 aliphatic rings. The van der Waals surface area contributed by atoms with Crippen LogP contribution in [0.3, 0.4) is 0 Å². The summed E-state index contributed by atoms with van der Waals surface area (Å²) >= 11 is 0. The van der Waals surface area contributed by atoms with Gasteiger partial charge in [-0.3, -0.25) is 0 Å². The van der Waals surface area contributed by atoms with Crippen LogP contribution in [0, 0.1) is 13.8 Å². The molecule has 0 unspecified atom stereocenters. The molecule has 0 spiro atoms. The summed E-state index contributed by atoms with van der Waals surface area (Å²) < 4.78 is 5.82. The van der Waals surface area contributed by atoms with E-state index >= 15 is 0 Å². The molecule has 0 radical (unpaired) electrons. The van der Waals surface area contributed by atoms with Crippen LogP contribution in [-0.2, 0) is 0 Å². The highest BCUT2D eigenvalue weighted by Gasteiger charge is 1.99. The molecule has 0 saturated heterocycles. The Balaban J connectivity index is 2.09. The maximum atomic E-state index is 5.82. The number of rotatable bonds is 9. The largest absolute Gasteiger partial charge is 0.493 e. The van der Waals surface area contributed by atoms with Crippen molar-refractivity contribution < 1.29 is 4.74 Å². The second-order valence-corrected chi connectivity index (χ2v) is 4.93. The van der Waals surface area contributed by atoms with Crippen molar-refractivity contribution in [2.75, 3.05) is 19.7 Å². The zero-order valence-corrected chi connectivity index (χ0v) is 12.1. The number of aryl methyl sites for hydroxylation is 2. The van der Waals surface area contributed by atoms with Crippen LogP contribution in [0.15, 0.2) is 18.2 Å². The molecule has 0 saturated carbocycles. The van der Waals surface area contributed by atoms with E-state index in [0.717, 1.165) is 31.9 Å². The van der Waals surface area contributed by atoms with E-state index in [-0.39, 0.29) is 0 Å². The molecular weight excluding hydrogens is 222 g/mol. The molecule has 102 valence electrons. The third-order valence-corrected chi connectivity index (χ3v) is 3.03. The van der Waals surface area contributed by atoms with Gasteiger partial charge in [-0.25, -0.2) is 0 Å². The number of benzene rings is 1. The van der Waals surface area contributed by atoms with Gasteiger partial charge in [0, 0.05) is 0 Å². The topological polar surface area (TPSA) is 21.3 Å². The summed E-state index contributed by atoms with van der Waals surface area (Å²) in [5, 5.41) is 3.42. The van der Waals surface area contributed by atoms with Crippen molar-refractivity contribution in [1.82, 2.24) is 5.32 Å². The Hall–Kier alpha value is -1.02. The molecule has 1 rings (SSSR count). The number of nitrogens with one attached hydrogen (secondary N) is 1. The monoisotopic (exact) mass is 249 g/mol. The highest BCUT2D eigenvalue weighted by Crippen LogP contribution is 2.19. The lowest BCUT2D eigenvalue weighted by Gasteiger charge is -2.10. The van der Waals surface area contributed by atoms with E-state index in [1.54, 1.807) is 0 Å². The van der Waals surface area contributed by atoms with Crippen LogP contribution in [-0.4, -0.2) is 19.7 Å². The summed E-state index contributed by atoms with van der Waals surface area (Å²) in [4.78, 5) is 0. The first-order chi connectivity index (χ1) is 8.74. The minimum Gasteiger partial charge on any atom is -0.493 e. The van der Waals surface area contributed by atoms with E-state index in [0.29, 0.717) is 0 Å². The van der Waals surface area contributed by atoms with Gasteiger partial charge in [0.25, 0.3) is 0 Å². The minimum absolute atomic E-state index is 0.831. The zero-order valence-electron chi connectivity index (χ0n) is 12.1. The molecule has 18 heavy (non-hydrogen) atoms. The predicted molar refractivity (Wildman–Crippen MR) is 78.4 cm³/mol. The van der Waals surface area contributed by atoms with E-state index in [1.165, 1.54) is 30.4 Å². The molecule has 2 nitrogen and oxygen atoms in total. The molecule has 0 aliphatic carbocycles. The molecule has 0 amide bonds. The van der Waals surface area contributed by atoms with Crippen molar-refractivity contribution in [3.05, 3.63) is 29.3 Å². The van der Waals surface area contributed by atoms with Gasteiger partial charge in [-0.15, -0.1) is 0 Å². The average molecular weight is 249 g/mol. The van der Waals surface area contributed by atoms with E-state index in [4.69, 9.17) is 4.74 Å². The first kappa shape index (κ1) is 15.0. The smallest absolute Gasteiger partial charge is 0.122 e. The fourth-order valence-electron chi connectivity index (χ4n) is 1.88. The van der Waals surface area contributed by atoms with Crippen LogP contribution in [0.2, 0.25) is 0 Å². The molecule has 0 atom stereocenters. The minimum atomic E-state index is 0.831. The fourth-order valence-corrected chi connectivity index (χ4v) is 1.88. The Morgan fingerprint density at radius 1 is 1.06 bits per heavy atom. The van der Waals surface area contributed by atoms with Crippen LogP contribution in [0.1, 0.15) is 43.7 Å². The Morgan fingerprint density at radius 3 is 2.67 bits per heavy atom. The van der Waals surface area contributed by atoms with Crippen molar-refractivity contribution in [3.8, 4) is 5.75 Å². The lowest BCUT2D eigenvalue weighted by molar-refractivity contribution is 0.303. The highest BCUT2D eigenvalue weighted by atomic mass is 16.5. The molecule has 1 aromatic carbocycles. The van der Waals surface area contributed by atoms with Crippen molar-refractivity contribution in [1.29, 1.82) is 0 Å². The summed E-state index contributed by atoms with van der Waals surface area (Å²) in [6, 6.07) is 6.37. The highest BCUT2D eigenvalue weighted by molar-refractivity contribution is 5.35. The van der Waals surface area contributed by atoms with Gasteiger partial charge in [-0.1, -0.05) is 19.1 Å². The molecule has 0 aliphatic heterocycles. The SMILES string of the molecule is CCCNCCCCCOc1cc(C)ccc1C. The molecule has 1 N–H and O–H groups in total. The first-order valence-corrected chi connectivity index (χ1v) is 7.15. The Labute approximate surface area is 112 Å². The third kappa shape index (κ3) is 6.06. The van der Waals surface area contributed by atoms with Gasteiger partial charge in [0.15, 0.2) is 0 Å². The van der Waals surface area contributed by atoms with Crippen LogP contribution < -0.4 is 10.1 Å². The second kappa shape index (κ2) is 8.98. The van der Waals surface area contributed by atoms with Gasteiger partial charge >= 0.3 is 0 Å². The summed E-state index contributed by atoms with van der Waals surface area (Å²) in [7, 11) is 0. The van der Waals surface area contributed by atoms with Crippen molar-refractivity contribution in [3.63, 3.8) is 0 Å². The lowest BCUT2D eigenvalue weighted by Crippen LogP contribution is -2.15. The van der Waals surface area contributed by atoms with Gasteiger partial charge in [0.2, 0.25) is 0 Å². The van der Waals surface area contributed by atoms with Crippen LogP contribution in [0.25, 0.3) is 0 Å². The van der Waals surface area contributed by atoms with Gasteiger partial charge in [0.1, 0.15) is 5.75 Å². The Bertz CT molecular complexity index is 336. The molecular formula is C16H27NO. The second-order valence-electron chi connectivity index (χ2n) is 4.93. The number of unbranched alkanes of at least 4 members (excludes halogenated alkanes) is 2. The van der Waals surface area contributed by atoms with Crippen LogP contribution in [0.4, 0.5) is 0 Å². The fraction of sp³-hybridized carbons (Fsp3) is 0.625. The average Bonchev–Trinajstić information content (AvgIpc) is 2.36. The van der Waals surface area contributed by atoms with E-state index in [9.17, 15) is 0 Å². The number of ether oxygens (including phenoxy) is 1. The first-order valence-electron chi connectivity index (χ1n) is 7.15. The molecule has 2 heteroatoms. The molecule has 0 aromatic heterocycles. The summed E-state index contributed by atoms with van der Waals surface area (Å²) in [5.41, 5.74) is 2.49. The van der Waals surface area contributed by atoms with Gasteiger partial charge in [-0.2, -0.15) is 0 Å². The Morgan fingerprint density at radius 2 is 1.89 bits per heavy atom. The van der Waals surface area contributed by atoms with E-state index in [1.807, 2.05) is 0 Å². The number of hydrogen-bond acceptors (Lipinski definition) is 2. The van der Waals surface area contributed by atoms with Crippen LogP contribution in [0.5, 0.6) is 5.75 Å². The molecule has 0 fully saturated rings. The quantitative estimate of drug-likeness (QED) is 0.671. The lowest BCUT2D eigenvalue weighted by atomic mass is 10.1. The maximum absolute atomic E-state index is 5.82. The zero-order chi connectivity index (χ0) is 13.2. The third-order valence-electron chi connectivity index (χ3n) is 3.03. The summed E-state index contributed by atoms with van der Waals surface area (Å²) in [6.07, 6.45) is 4.84. The standard InChI is InChI=1S/C16H27NO/c1-4-10-17-11-6-5-7-12-18-16-13-14(2)8-9-15(16)3/h8-9,13,17H,4-7,10-12H2,1-3H3. The van der Waals surface area contributed by atoms with Gasteiger partial charge < -0.3 is 10.1 Å². The summed E-state index contributed by atoms with van der Waals surface area (Å²) in [6.45, 7) is 9.51. The van der Waals surface area contributed by atoms with Crippen LogP contribution >= 0.6 is 0 Å². The van der Waals surface area contributed by atoms with E-state index < -0.39 is 0 Å². The van der Waals surface area contributed by atoms with Gasteiger partial charge in [-0.05, 0) is 69.8 Å². The predicted octanol–water partition coefficient (Wildman–Crippen LogP) is 3.85. The van der Waals surface area contributed by atoms with E-state index in [2.05, 4.69) is 44.3 Å². The summed E-state index contributed by atoms with van der Waals surface area (Å²) in [5.74, 6) is 1.04. The van der Waals surface area contributed by atoms with Gasteiger partial charge in [0.05, 0.1) is 6.61 Å². The Kier molecular flexibility index (Phi) is 7.51. The normalized spacial score (nSPS) is 10.6.